The van der Waals surface area contributed by atoms with Crippen molar-refractivity contribution in [3.63, 3.8) is 0 Å². The molecule has 0 radical (unpaired) electrons. The molecule has 18 heavy (non-hydrogen) atoms. The van der Waals surface area contributed by atoms with Gasteiger partial charge >= 0.3 is 0 Å². The van der Waals surface area contributed by atoms with Gasteiger partial charge in [0.2, 0.25) is 5.91 Å². The lowest BCUT2D eigenvalue weighted by Crippen LogP contribution is -2.41. The quantitative estimate of drug-likeness (QED) is 0.930. The molecule has 1 unspecified atom stereocenters. The molecule has 0 spiro atoms. The Balaban J connectivity index is 1.96. The predicted molar refractivity (Wildman–Crippen MR) is 76.2 cm³/mol. The van der Waals surface area contributed by atoms with Crippen LogP contribution in [0.1, 0.15) is 18.4 Å². The standard InChI is InChI=1S/C14H19BrN2O/c1-17(10-12-5-2-3-7-13(12)15)14(18)11-6-4-8-16-9-11/h2-3,5,7,11,16H,4,6,8-10H2,1H3. The second kappa shape index (κ2) is 6.34. The average Bonchev–Trinajstić information content (AvgIpc) is 2.41. The van der Waals surface area contributed by atoms with Gasteiger partial charge in [-0.3, -0.25) is 4.79 Å². The number of carbonyl (C=O) groups excluding carboxylic acids is 1. The van der Waals surface area contributed by atoms with Crippen molar-refractivity contribution in [1.29, 1.82) is 0 Å². The first-order valence-corrected chi connectivity index (χ1v) is 7.17. The number of benzene rings is 1. The van der Waals surface area contributed by atoms with Crippen molar-refractivity contribution in [2.24, 2.45) is 5.92 Å². The van der Waals surface area contributed by atoms with E-state index in [1.165, 1.54) is 0 Å². The Kier molecular flexibility index (Phi) is 4.78. The molecular formula is C14H19BrN2O. The Morgan fingerprint density at radius 1 is 1.50 bits per heavy atom. The van der Waals surface area contributed by atoms with E-state index in [0.29, 0.717) is 6.54 Å². The number of rotatable bonds is 3. The average molecular weight is 311 g/mol. The number of halogens is 1. The van der Waals surface area contributed by atoms with E-state index in [9.17, 15) is 4.79 Å². The topological polar surface area (TPSA) is 32.3 Å². The van der Waals surface area contributed by atoms with Gasteiger partial charge in [0.15, 0.2) is 0 Å². The maximum absolute atomic E-state index is 12.3. The molecular weight excluding hydrogens is 292 g/mol. The Hall–Kier alpha value is -0.870. The lowest BCUT2D eigenvalue weighted by molar-refractivity contribution is -0.135. The van der Waals surface area contributed by atoms with Crippen LogP contribution in [0, 0.1) is 5.92 Å². The van der Waals surface area contributed by atoms with Gasteiger partial charge in [0.25, 0.3) is 0 Å². The number of hydrogen-bond donors (Lipinski definition) is 1. The fraction of sp³-hybridized carbons (Fsp3) is 0.500. The summed E-state index contributed by atoms with van der Waals surface area (Å²) in [5, 5.41) is 3.29. The van der Waals surface area contributed by atoms with Crippen LogP contribution in [0.2, 0.25) is 0 Å². The molecule has 1 amide bonds. The molecule has 1 atom stereocenters. The van der Waals surface area contributed by atoms with Crippen molar-refractivity contribution in [1.82, 2.24) is 10.2 Å². The van der Waals surface area contributed by atoms with E-state index in [1.54, 1.807) is 0 Å². The molecule has 0 aromatic heterocycles. The van der Waals surface area contributed by atoms with E-state index in [1.807, 2.05) is 36.2 Å². The third-order valence-corrected chi connectivity index (χ3v) is 4.16. The van der Waals surface area contributed by atoms with Crippen molar-refractivity contribution in [2.75, 3.05) is 20.1 Å². The van der Waals surface area contributed by atoms with Gasteiger partial charge in [0.05, 0.1) is 5.92 Å². The lowest BCUT2D eigenvalue weighted by Gasteiger charge is -2.27. The van der Waals surface area contributed by atoms with Crippen LogP contribution in [0.4, 0.5) is 0 Å². The molecule has 1 aromatic carbocycles. The van der Waals surface area contributed by atoms with Crippen LogP contribution in [0.25, 0.3) is 0 Å². The Morgan fingerprint density at radius 3 is 2.94 bits per heavy atom. The lowest BCUT2D eigenvalue weighted by atomic mass is 9.98. The molecule has 1 aromatic rings. The Morgan fingerprint density at radius 2 is 2.28 bits per heavy atom. The van der Waals surface area contributed by atoms with Gasteiger partial charge in [-0.2, -0.15) is 0 Å². The minimum absolute atomic E-state index is 0.145. The summed E-state index contributed by atoms with van der Waals surface area (Å²) in [6.45, 7) is 2.52. The predicted octanol–water partition coefficient (Wildman–Crippen LogP) is 2.41. The van der Waals surface area contributed by atoms with Crippen LogP contribution < -0.4 is 5.32 Å². The molecule has 1 aliphatic rings. The molecule has 1 aliphatic heterocycles. The summed E-state index contributed by atoms with van der Waals surface area (Å²) in [5.74, 6) is 0.393. The minimum atomic E-state index is 0.145. The molecule has 4 heteroatoms. The Labute approximate surface area is 117 Å². The van der Waals surface area contributed by atoms with Crippen LogP contribution in [0.5, 0.6) is 0 Å². The van der Waals surface area contributed by atoms with Crippen molar-refractivity contribution < 1.29 is 4.79 Å². The summed E-state index contributed by atoms with van der Waals surface area (Å²) in [6, 6.07) is 8.05. The van der Waals surface area contributed by atoms with Crippen molar-refractivity contribution in [3.8, 4) is 0 Å². The SMILES string of the molecule is CN(Cc1ccccc1Br)C(=O)C1CCCNC1. The molecule has 98 valence electrons. The van der Waals surface area contributed by atoms with Crippen LogP contribution in [-0.4, -0.2) is 30.9 Å². The van der Waals surface area contributed by atoms with Crippen LogP contribution >= 0.6 is 15.9 Å². The first-order valence-electron chi connectivity index (χ1n) is 6.37. The first-order chi connectivity index (χ1) is 8.68. The van der Waals surface area contributed by atoms with Crippen molar-refractivity contribution in [2.45, 2.75) is 19.4 Å². The van der Waals surface area contributed by atoms with Crippen molar-refractivity contribution in [3.05, 3.63) is 34.3 Å². The zero-order valence-electron chi connectivity index (χ0n) is 10.7. The first kappa shape index (κ1) is 13.6. The smallest absolute Gasteiger partial charge is 0.227 e. The molecule has 0 aliphatic carbocycles. The van der Waals surface area contributed by atoms with Crippen LogP contribution in [-0.2, 0) is 11.3 Å². The number of amides is 1. The zero-order chi connectivity index (χ0) is 13.0. The number of carbonyl (C=O) groups is 1. The van der Waals surface area contributed by atoms with Gasteiger partial charge in [-0.1, -0.05) is 34.1 Å². The summed E-state index contributed by atoms with van der Waals surface area (Å²) in [7, 11) is 1.89. The molecule has 1 N–H and O–H groups in total. The third-order valence-electron chi connectivity index (χ3n) is 3.39. The highest BCUT2D eigenvalue weighted by Crippen LogP contribution is 2.19. The molecule has 1 heterocycles. The van der Waals surface area contributed by atoms with Crippen LogP contribution in [0.3, 0.4) is 0 Å². The number of piperidine rings is 1. The second-order valence-electron chi connectivity index (χ2n) is 4.83. The minimum Gasteiger partial charge on any atom is -0.341 e. The van der Waals surface area contributed by atoms with Gasteiger partial charge in [0, 0.05) is 24.6 Å². The van der Waals surface area contributed by atoms with Crippen LogP contribution in [0.15, 0.2) is 28.7 Å². The molecule has 0 bridgehead atoms. The van der Waals surface area contributed by atoms with E-state index in [0.717, 1.165) is 36.0 Å². The summed E-state index contributed by atoms with van der Waals surface area (Å²) >= 11 is 3.52. The zero-order valence-corrected chi connectivity index (χ0v) is 12.2. The fourth-order valence-corrected chi connectivity index (χ4v) is 2.74. The Bertz CT molecular complexity index is 416. The van der Waals surface area contributed by atoms with Gasteiger partial charge in [-0.25, -0.2) is 0 Å². The number of hydrogen-bond acceptors (Lipinski definition) is 2. The van der Waals surface area contributed by atoms with E-state index >= 15 is 0 Å². The second-order valence-corrected chi connectivity index (χ2v) is 5.68. The van der Waals surface area contributed by atoms with Gasteiger partial charge in [0.1, 0.15) is 0 Å². The molecule has 1 saturated heterocycles. The van der Waals surface area contributed by atoms with E-state index < -0.39 is 0 Å². The van der Waals surface area contributed by atoms with E-state index in [4.69, 9.17) is 0 Å². The third kappa shape index (κ3) is 3.33. The maximum atomic E-state index is 12.3. The highest BCUT2D eigenvalue weighted by Gasteiger charge is 2.24. The summed E-state index contributed by atoms with van der Waals surface area (Å²) < 4.78 is 1.06. The number of nitrogens with one attached hydrogen (secondary N) is 1. The molecule has 1 fully saturated rings. The van der Waals surface area contributed by atoms with Gasteiger partial charge < -0.3 is 10.2 Å². The summed E-state index contributed by atoms with van der Waals surface area (Å²) in [4.78, 5) is 14.1. The van der Waals surface area contributed by atoms with E-state index in [2.05, 4.69) is 21.2 Å². The monoisotopic (exact) mass is 310 g/mol. The summed E-state index contributed by atoms with van der Waals surface area (Å²) in [6.07, 6.45) is 2.10. The van der Waals surface area contributed by atoms with Crippen molar-refractivity contribution >= 4 is 21.8 Å². The largest absolute Gasteiger partial charge is 0.341 e. The van der Waals surface area contributed by atoms with Gasteiger partial charge in [-0.15, -0.1) is 0 Å². The number of nitrogens with zero attached hydrogens (tertiary/aromatic N) is 1. The molecule has 3 nitrogen and oxygen atoms in total. The maximum Gasteiger partial charge on any atom is 0.227 e. The molecule has 2 rings (SSSR count). The highest BCUT2D eigenvalue weighted by atomic mass is 79.9. The van der Waals surface area contributed by atoms with E-state index in [-0.39, 0.29) is 11.8 Å². The molecule has 0 saturated carbocycles. The highest BCUT2D eigenvalue weighted by molar-refractivity contribution is 9.10. The normalized spacial score (nSPS) is 19.6. The summed E-state index contributed by atoms with van der Waals surface area (Å²) in [5.41, 5.74) is 1.15. The fourth-order valence-electron chi connectivity index (χ4n) is 2.33. The van der Waals surface area contributed by atoms with Gasteiger partial charge in [-0.05, 0) is 31.0 Å².